The predicted molar refractivity (Wildman–Crippen MR) is 89.0 cm³/mol. The minimum Gasteiger partial charge on any atom is -0.490 e. The quantitative estimate of drug-likeness (QED) is 0.940. The maximum absolute atomic E-state index is 12.7. The molecule has 5 nitrogen and oxygen atoms in total. The Morgan fingerprint density at radius 3 is 2.52 bits per heavy atom. The van der Waals surface area contributed by atoms with E-state index in [0.717, 1.165) is 17.9 Å². The lowest BCUT2D eigenvalue weighted by Gasteiger charge is -2.22. The van der Waals surface area contributed by atoms with Crippen LogP contribution in [0.25, 0.3) is 0 Å². The van der Waals surface area contributed by atoms with Crippen LogP contribution >= 0.6 is 0 Å². The zero-order valence-electron chi connectivity index (χ0n) is 13.5. The Morgan fingerprint density at radius 1 is 1.13 bits per heavy atom. The fourth-order valence-corrected chi connectivity index (χ4v) is 2.77. The highest BCUT2D eigenvalue weighted by atomic mass is 16.5. The summed E-state index contributed by atoms with van der Waals surface area (Å²) in [5.41, 5.74) is 0.719. The zero-order valence-corrected chi connectivity index (χ0v) is 13.5. The molecule has 1 amide bonds. The summed E-state index contributed by atoms with van der Waals surface area (Å²) in [5, 5.41) is 2.99. The highest BCUT2D eigenvalue weighted by Crippen LogP contribution is 2.32. The van der Waals surface area contributed by atoms with Crippen molar-refractivity contribution >= 4 is 11.6 Å². The minimum atomic E-state index is -0.249. The van der Waals surface area contributed by atoms with E-state index in [9.17, 15) is 4.79 Å². The lowest BCUT2D eigenvalue weighted by atomic mass is 10.0. The van der Waals surface area contributed by atoms with Crippen molar-refractivity contribution in [2.45, 2.75) is 26.3 Å². The lowest BCUT2D eigenvalue weighted by Crippen LogP contribution is -2.29. The van der Waals surface area contributed by atoms with Crippen LogP contribution in [0.4, 0.5) is 5.69 Å². The van der Waals surface area contributed by atoms with Gasteiger partial charge in [0.15, 0.2) is 11.5 Å². The number of fused-ring (bicyclic) bond motifs is 1. The molecule has 2 aromatic rings. The van der Waals surface area contributed by atoms with E-state index in [1.54, 1.807) is 0 Å². The molecule has 2 heterocycles. The first-order valence-corrected chi connectivity index (χ1v) is 7.98. The van der Waals surface area contributed by atoms with Gasteiger partial charge in [0.05, 0.1) is 13.2 Å². The van der Waals surface area contributed by atoms with Gasteiger partial charge >= 0.3 is 0 Å². The number of carbonyl (C=O) groups is 1. The number of nitrogens with zero attached hydrogens (tertiary/aromatic N) is 1. The van der Waals surface area contributed by atoms with Crippen molar-refractivity contribution in [3.8, 4) is 11.5 Å². The van der Waals surface area contributed by atoms with Crippen LogP contribution < -0.4 is 14.8 Å². The molecule has 0 spiro atoms. The highest BCUT2D eigenvalue weighted by molar-refractivity contribution is 5.94. The summed E-state index contributed by atoms with van der Waals surface area (Å²) in [6.07, 6.45) is 4.69. The molecule has 3 rings (SSSR count). The second-order valence-electron chi connectivity index (χ2n) is 6.02. The molecule has 1 aliphatic heterocycles. The van der Waals surface area contributed by atoms with Crippen LogP contribution in [0.15, 0.2) is 42.7 Å². The van der Waals surface area contributed by atoms with Crippen molar-refractivity contribution in [1.29, 1.82) is 0 Å². The number of benzene rings is 1. The van der Waals surface area contributed by atoms with Gasteiger partial charge in [-0.2, -0.15) is 0 Å². The van der Waals surface area contributed by atoms with Gasteiger partial charge in [0.2, 0.25) is 5.91 Å². The molecule has 1 N–H and O–H groups in total. The molecule has 1 atom stereocenters. The van der Waals surface area contributed by atoms with Crippen molar-refractivity contribution in [2.75, 3.05) is 18.5 Å². The highest BCUT2D eigenvalue weighted by Gasteiger charge is 2.23. The van der Waals surface area contributed by atoms with Crippen molar-refractivity contribution in [2.24, 2.45) is 5.92 Å². The summed E-state index contributed by atoms with van der Waals surface area (Å²) in [7, 11) is 0. The van der Waals surface area contributed by atoms with Gasteiger partial charge in [0.25, 0.3) is 0 Å². The molecule has 0 saturated carbocycles. The maximum Gasteiger partial charge on any atom is 0.247 e. The smallest absolute Gasteiger partial charge is 0.247 e. The Kier molecular flexibility index (Phi) is 4.55. The van der Waals surface area contributed by atoms with E-state index in [4.69, 9.17) is 9.47 Å². The Hall–Kier alpha value is -2.43. The minimum absolute atomic E-state index is 0.0364. The maximum atomic E-state index is 12.7. The number of amides is 1. The van der Waals surface area contributed by atoms with E-state index in [2.05, 4.69) is 5.32 Å². The number of hydrogen-bond donors (Lipinski definition) is 1. The normalized spacial score (nSPS) is 15.1. The summed E-state index contributed by atoms with van der Waals surface area (Å²) in [6, 6.07) is 9.12. The molecule has 1 aromatic heterocycles. The Bertz CT molecular complexity index is 665. The van der Waals surface area contributed by atoms with Gasteiger partial charge in [-0.05, 0) is 30.2 Å². The first-order valence-electron chi connectivity index (χ1n) is 7.98. The van der Waals surface area contributed by atoms with Gasteiger partial charge in [-0.1, -0.05) is 13.8 Å². The van der Waals surface area contributed by atoms with E-state index >= 15 is 0 Å². The molecule has 1 aliphatic rings. The molecule has 23 heavy (non-hydrogen) atoms. The molecule has 0 aliphatic carbocycles. The summed E-state index contributed by atoms with van der Waals surface area (Å²) < 4.78 is 13.2. The van der Waals surface area contributed by atoms with Crippen LogP contribution in [0, 0.1) is 5.92 Å². The van der Waals surface area contributed by atoms with E-state index in [-0.39, 0.29) is 17.9 Å². The topological polar surface area (TPSA) is 52.5 Å². The summed E-state index contributed by atoms with van der Waals surface area (Å²) in [4.78, 5) is 12.7. The van der Waals surface area contributed by atoms with Crippen molar-refractivity contribution < 1.29 is 14.3 Å². The molecule has 0 bridgehead atoms. The molecule has 1 aromatic carbocycles. The SMILES string of the molecule is CC(C)C(C(=O)Nc1ccc2c(c1)OCCCO2)n1cccc1. The first-order chi connectivity index (χ1) is 11.1. The van der Waals surface area contributed by atoms with E-state index in [1.807, 2.05) is 61.1 Å². The summed E-state index contributed by atoms with van der Waals surface area (Å²) in [5.74, 6) is 1.56. The van der Waals surface area contributed by atoms with E-state index < -0.39 is 0 Å². The second kappa shape index (κ2) is 6.77. The van der Waals surface area contributed by atoms with E-state index in [1.165, 1.54) is 0 Å². The number of carbonyl (C=O) groups excluding carboxylic acids is 1. The lowest BCUT2D eigenvalue weighted by molar-refractivity contribution is -0.120. The van der Waals surface area contributed by atoms with Crippen LogP contribution in [-0.4, -0.2) is 23.7 Å². The van der Waals surface area contributed by atoms with Crippen LogP contribution in [-0.2, 0) is 4.79 Å². The summed E-state index contributed by atoms with van der Waals surface area (Å²) in [6.45, 7) is 5.36. The number of hydrogen-bond acceptors (Lipinski definition) is 3. The van der Waals surface area contributed by atoms with Crippen molar-refractivity contribution in [3.63, 3.8) is 0 Å². The largest absolute Gasteiger partial charge is 0.490 e. The standard InChI is InChI=1S/C18H22N2O3/c1-13(2)17(20-8-3-4-9-20)18(21)19-14-6-7-15-16(12-14)23-11-5-10-22-15/h3-4,6-9,12-13,17H,5,10-11H2,1-2H3,(H,19,21). The monoisotopic (exact) mass is 314 g/mol. The van der Waals surface area contributed by atoms with Gasteiger partial charge in [-0.15, -0.1) is 0 Å². The first kappa shape index (κ1) is 15.5. The van der Waals surface area contributed by atoms with Crippen molar-refractivity contribution in [3.05, 3.63) is 42.7 Å². The van der Waals surface area contributed by atoms with Gasteiger partial charge in [-0.3, -0.25) is 4.79 Å². The number of rotatable bonds is 4. The third-order valence-electron chi connectivity index (χ3n) is 3.86. The van der Waals surface area contributed by atoms with Gasteiger partial charge in [0, 0.05) is 30.6 Å². The second-order valence-corrected chi connectivity index (χ2v) is 6.02. The number of aromatic nitrogens is 1. The fourth-order valence-electron chi connectivity index (χ4n) is 2.77. The predicted octanol–water partition coefficient (Wildman–Crippen LogP) is 3.49. The third-order valence-corrected chi connectivity index (χ3v) is 3.86. The third kappa shape index (κ3) is 3.50. The molecule has 1 unspecified atom stereocenters. The molecule has 0 radical (unpaired) electrons. The number of anilines is 1. The van der Waals surface area contributed by atoms with Crippen LogP contribution in [0.3, 0.4) is 0 Å². The molecular formula is C18H22N2O3. The Morgan fingerprint density at radius 2 is 1.83 bits per heavy atom. The van der Waals surface area contributed by atoms with Crippen LogP contribution in [0.2, 0.25) is 0 Å². The van der Waals surface area contributed by atoms with Crippen LogP contribution in [0.1, 0.15) is 26.3 Å². The van der Waals surface area contributed by atoms with E-state index in [0.29, 0.717) is 19.0 Å². The number of nitrogens with one attached hydrogen (secondary N) is 1. The fraction of sp³-hybridized carbons (Fsp3) is 0.389. The average Bonchev–Trinajstić information content (AvgIpc) is 2.92. The van der Waals surface area contributed by atoms with Crippen molar-refractivity contribution in [1.82, 2.24) is 4.57 Å². The molecule has 0 saturated heterocycles. The molecule has 122 valence electrons. The molecule has 0 fully saturated rings. The van der Waals surface area contributed by atoms with Crippen LogP contribution in [0.5, 0.6) is 11.5 Å². The Balaban J connectivity index is 1.78. The zero-order chi connectivity index (χ0) is 16.2. The van der Waals surface area contributed by atoms with Gasteiger partial charge in [-0.25, -0.2) is 0 Å². The molecular weight excluding hydrogens is 292 g/mol. The van der Waals surface area contributed by atoms with Gasteiger partial charge < -0.3 is 19.4 Å². The van der Waals surface area contributed by atoms with Gasteiger partial charge in [0.1, 0.15) is 6.04 Å². The Labute approximate surface area is 136 Å². The molecule has 5 heteroatoms. The number of ether oxygens (including phenoxy) is 2. The summed E-state index contributed by atoms with van der Waals surface area (Å²) >= 11 is 0. The average molecular weight is 314 g/mol.